The topological polar surface area (TPSA) is 65.8 Å². The molecule has 0 heterocycles. The van der Waals surface area contributed by atoms with Crippen LogP contribution in [0, 0.1) is 11.6 Å². The third kappa shape index (κ3) is 1.81. The van der Waals surface area contributed by atoms with Gasteiger partial charge in [0.15, 0.2) is 0 Å². The van der Waals surface area contributed by atoms with Crippen LogP contribution in [0.25, 0.3) is 10.4 Å². The molecule has 14 heavy (non-hydrogen) atoms. The van der Waals surface area contributed by atoms with E-state index in [0.29, 0.717) is 0 Å². The van der Waals surface area contributed by atoms with Crippen molar-refractivity contribution in [3.05, 3.63) is 44.8 Å². The third-order valence-corrected chi connectivity index (χ3v) is 1.76. The van der Waals surface area contributed by atoms with Gasteiger partial charge in [-0.2, -0.15) is 0 Å². The molecule has 0 atom stereocenters. The Balaban J connectivity index is 3.39. The van der Waals surface area contributed by atoms with Gasteiger partial charge < -0.3 is 0 Å². The molecule has 0 spiro atoms. The SMILES string of the molecule is [N-]=[N+]=NC(=O)c1c(F)ccc(F)c1Cl. The van der Waals surface area contributed by atoms with Crippen molar-refractivity contribution < 1.29 is 13.6 Å². The zero-order chi connectivity index (χ0) is 10.7. The van der Waals surface area contributed by atoms with E-state index in [1.165, 1.54) is 0 Å². The molecule has 1 rings (SSSR count). The van der Waals surface area contributed by atoms with Gasteiger partial charge in [-0.05, 0) is 22.8 Å². The molecule has 0 aliphatic rings. The summed E-state index contributed by atoms with van der Waals surface area (Å²) in [5, 5.41) is 1.92. The van der Waals surface area contributed by atoms with Crippen molar-refractivity contribution in [2.45, 2.75) is 0 Å². The Bertz CT molecular complexity index is 443. The highest BCUT2D eigenvalue weighted by atomic mass is 35.5. The van der Waals surface area contributed by atoms with E-state index >= 15 is 0 Å². The van der Waals surface area contributed by atoms with Crippen LogP contribution in [0.1, 0.15) is 10.4 Å². The molecule has 72 valence electrons. The number of carbonyl (C=O) groups is 1. The molecule has 4 nitrogen and oxygen atoms in total. The fourth-order valence-electron chi connectivity index (χ4n) is 0.814. The van der Waals surface area contributed by atoms with Gasteiger partial charge in [0.05, 0.1) is 10.6 Å². The van der Waals surface area contributed by atoms with Crippen molar-refractivity contribution in [2.75, 3.05) is 0 Å². The van der Waals surface area contributed by atoms with Crippen molar-refractivity contribution in [1.29, 1.82) is 0 Å². The van der Waals surface area contributed by atoms with Gasteiger partial charge in [-0.3, -0.25) is 4.79 Å². The Morgan fingerprint density at radius 1 is 1.43 bits per heavy atom. The number of carbonyl (C=O) groups excluding carboxylic acids is 1. The van der Waals surface area contributed by atoms with E-state index in [9.17, 15) is 13.6 Å². The number of nitrogens with zero attached hydrogens (tertiary/aromatic N) is 3. The highest BCUT2D eigenvalue weighted by Gasteiger charge is 2.17. The molecular weight excluding hydrogens is 216 g/mol. The molecule has 0 saturated carbocycles. The molecule has 0 aliphatic heterocycles. The molecule has 0 aliphatic carbocycles. The monoisotopic (exact) mass is 217 g/mol. The number of benzene rings is 1. The average Bonchev–Trinajstić information content (AvgIpc) is 2.13. The highest BCUT2D eigenvalue weighted by molar-refractivity contribution is 6.34. The summed E-state index contributed by atoms with van der Waals surface area (Å²) >= 11 is 5.31. The summed E-state index contributed by atoms with van der Waals surface area (Å²) in [6, 6.07) is 1.49. The number of azide groups is 1. The second-order valence-corrected chi connectivity index (χ2v) is 2.59. The predicted octanol–water partition coefficient (Wildman–Crippen LogP) is 3.07. The smallest absolute Gasteiger partial charge is 0.253 e. The second kappa shape index (κ2) is 4.04. The van der Waals surface area contributed by atoms with Crippen LogP contribution in [-0.2, 0) is 0 Å². The molecule has 0 bridgehead atoms. The average molecular weight is 218 g/mol. The minimum Gasteiger partial charge on any atom is -0.287 e. The fourth-order valence-corrected chi connectivity index (χ4v) is 1.05. The minimum atomic E-state index is -1.26. The molecule has 0 radical (unpaired) electrons. The van der Waals surface area contributed by atoms with Gasteiger partial charge in [0.1, 0.15) is 11.6 Å². The predicted molar refractivity (Wildman–Crippen MR) is 44.8 cm³/mol. The Morgan fingerprint density at radius 2 is 2.00 bits per heavy atom. The maximum Gasteiger partial charge on any atom is 0.253 e. The van der Waals surface area contributed by atoms with Gasteiger partial charge in [0.25, 0.3) is 5.91 Å². The van der Waals surface area contributed by atoms with Crippen LogP contribution in [0.3, 0.4) is 0 Å². The Morgan fingerprint density at radius 3 is 2.57 bits per heavy atom. The lowest BCUT2D eigenvalue weighted by molar-refractivity contribution is 0.0996. The maximum absolute atomic E-state index is 12.9. The van der Waals surface area contributed by atoms with Gasteiger partial charge in [-0.25, -0.2) is 8.78 Å². The Labute approximate surface area is 81.7 Å². The molecule has 1 amide bonds. The van der Waals surface area contributed by atoms with Gasteiger partial charge in [0, 0.05) is 4.91 Å². The van der Waals surface area contributed by atoms with E-state index in [1.807, 2.05) is 0 Å². The molecule has 0 N–H and O–H groups in total. The zero-order valence-electron chi connectivity index (χ0n) is 6.54. The second-order valence-electron chi connectivity index (χ2n) is 2.21. The van der Waals surface area contributed by atoms with Crippen LogP contribution in [0.15, 0.2) is 17.2 Å². The first-order valence-corrected chi connectivity index (χ1v) is 3.68. The molecule has 1 aromatic rings. The van der Waals surface area contributed by atoms with Gasteiger partial charge in [-0.15, -0.1) is 0 Å². The van der Waals surface area contributed by atoms with Crippen molar-refractivity contribution in [3.63, 3.8) is 0 Å². The number of hydrogen-bond acceptors (Lipinski definition) is 1. The lowest BCUT2D eigenvalue weighted by Crippen LogP contribution is -2.01. The summed E-state index contributed by atoms with van der Waals surface area (Å²) in [4.78, 5) is 13.1. The van der Waals surface area contributed by atoms with Crippen LogP contribution in [0.5, 0.6) is 0 Å². The summed E-state index contributed by atoms with van der Waals surface area (Å²) in [5.41, 5.74) is 7.17. The third-order valence-electron chi connectivity index (χ3n) is 1.39. The van der Waals surface area contributed by atoms with Crippen molar-refractivity contribution in [1.82, 2.24) is 0 Å². The van der Waals surface area contributed by atoms with Crippen molar-refractivity contribution in [3.8, 4) is 0 Å². The first kappa shape index (κ1) is 10.4. The van der Waals surface area contributed by atoms with Crippen LogP contribution in [-0.4, -0.2) is 5.91 Å². The van der Waals surface area contributed by atoms with E-state index in [-0.39, 0.29) is 0 Å². The number of hydrogen-bond donors (Lipinski definition) is 0. The summed E-state index contributed by atoms with van der Waals surface area (Å²) in [7, 11) is 0. The first-order chi connectivity index (χ1) is 6.57. The summed E-state index contributed by atoms with van der Waals surface area (Å²) in [5.74, 6) is -3.24. The lowest BCUT2D eigenvalue weighted by atomic mass is 10.2. The quantitative estimate of drug-likeness (QED) is 0.308. The molecule has 0 fully saturated rings. The highest BCUT2D eigenvalue weighted by Crippen LogP contribution is 2.23. The molecule has 7 heteroatoms. The molecule has 1 aromatic carbocycles. The van der Waals surface area contributed by atoms with E-state index in [2.05, 4.69) is 10.0 Å². The molecule has 0 unspecified atom stereocenters. The summed E-state index contributed by atoms with van der Waals surface area (Å²) in [6.45, 7) is 0. The fraction of sp³-hybridized carbons (Fsp3) is 0. The van der Waals surface area contributed by atoms with Gasteiger partial charge in [-0.1, -0.05) is 11.6 Å². The Hall–Kier alpha value is -1.65. The number of halogens is 3. The van der Waals surface area contributed by atoms with Crippen LogP contribution < -0.4 is 0 Å². The number of amides is 1. The largest absolute Gasteiger partial charge is 0.287 e. The molecular formula is C7H2ClF2N3O. The van der Waals surface area contributed by atoms with Crippen molar-refractivity contribution in [2.24, 2.45) is 5.11 Å². The van der Waals surface area contributed by atoms with Gasteiger partial charge in [0.2, 0.25) is 0 Å². The van der Waals surface area contributed by atoms with E-state index < -0.39 is 28.1 Å². The zero-order valence-corrected chi connectivity index (χ0v) is 7.29. The maximum atomic E-state index is 12.9. The van der Waals surface area contributed by atoms with E-state index in [0.717, 1.165) is 12.1 Å². The molecule has 0 saturated heterocycles. The van der Waals surface area contributed by atoms with Crippen LogP contribution in [0.4, 0.5) is 8.78 Å². The summed E-state index contributed by atoms with van der Waals surface area (Å²) in [6.07, 6.45) is 0. The standard InChI is InChI=1S/C7H2ClF2N3O/c8-6-4(10)2-1-3(9)5(6)7(14)12-13-11/h1-2H. The van der Waals surface area contributed by atoms with Gasteiger partial charge >= 0.3 is 0 Å². The molecule has 0 aromatic heterocycles. The normalized spacial score (nSPS) is 9.36. The Kier molecular flexibility index (Phi) is 3.01. The van der Waals surface area contributed by atoms with Crippen molar-refractivity contribution >= 4 is 17.5 Å². The summed E-state index contributed by atoms with van der Waals surface area (Å²) < 4.78 is 25.7. The lowest BCUT2D eigenvalue weighted by Gasteiger charge is -2.01. The number of rotatable bonds is 1. The van der Waals surface area contributed by atoms with E-state index in [4.69, 9.17) is 17.1 Å². The minimum absolute atomic E-state index is 0.692. The van der Waals surface area contributed by atoms with Crippen LogP contribution >= 0.6 is 11.6 Å². The first-order valence-electron chi connectivity index (χ1n) is 3.31. The van der Waals surface area contributed by atoms with Crippen LogP contribution in [0.2, 0.25) is 5.02 Å². The van der Waals surface area contributed by atoms with E-state index in [1.54, 1.807) is 0 Å².